The minimum atomic E-state index is -0.484. The molecule has 1 saturated carbocycles. The second kappa shape index (κ2) is 4.43. The summed E-state index contributed by atoms with van der Waals surface area (Å²) >= 11 is 0. The van der Waals surface area contributed by atoms with Gasteiger partial charge in [0.2, 0.25) is 0 Å². The molecule has 1 aliphatic rings. The maximum absolute atomic E-state index is 12.1. The van der Waals surface area contributed by atoms with Crippen LogP contribution in [0.1, 0.15) is 36.0 Å². The number of nitrogens with zero attached hydrogens (tertiary/aromatic N) is 1. The lowest BCUT2D eigenvalue weighted by molar-refractivity contribution is -0.385. The number of Topliss-reactive ketones (excluding diaryl/α,β-unsaturated/α-hetero) is 1. The van der Waals surface area contributed by atoms with Crippen molar-refractivity contribution in [1.82, 2.24) is 0 Å². The molecule has 0 radical (unpaired) electrons. The zero-order valence-corrected chi connectivity index (χ0v) is 8.89. The zero-order valence-electron chi connectivity index (χ0n) is 8.89. The first-order valence-corrected chi connectivity index (χ1v) is 5.48. The van der Waals surface area contributed by atoms with E-state index >= 15 is 0 Å². The average molecular weight is 219 g/mol. The molecule has 0 aliphatic heterocycles. The Labute approximate surface area is 93.4 Å². The van der Waals surface area contributed by atoms with Crippen molar-refractivity contribution in [2.75, 3.05) is 0 Å². The van der Waals surface area contributed by atoms with Gasteiger partial charge in [0.1, 0.15) is 0 Å². The molecule has 4 nitrogen and oxygen atoms in total. The van der Waals surface area contributed by atoms with E-state index < -0.39 is 4.92 Å². The molecule has 84 valence electrons. The zero-order chi connectivity index (χ0) is 11.5. The summed E-state index contributed by atoms with van der Waals surface area (Å²) in [6.45, 7) is 0. The van der Waals surface area contributed by atoms with Crippen LogP contribution in [0.25, 0.3) is 0 Å². The topological polar surface area (TPSA) is 60.2 Å². The van der Waals surface area contributed by atoms with Crippen LogP contribution in [0.5, 0.6) is 0 Å². The molecule has 16 heavy (non-hydrogen) atoms. The first-order chi connectivity index (χ1) is 7.70. The maximum Gasteiger partial charge on any atom is 0.280 e. The van der Waals surface area contributed by atoms with Crippen LogP contribution >= 0.6 is 0 Å². The standard InChI is InChI=1S/C12H13NO3/c14-12(9-5-1-2-6-9)10-7-3-4-8-11(10)13(15)16/h3-4,7-9H,1-2,5-6H2. The van der Waals surface area contributed by atoms with Crippen LogP contribution < -0.4 is 0 Å². The molecule has 0 heterocycles. The highest BCUT2D eigenvalue weighted by molar-refractivity contribution is 6.01. The number of rotatable bonds is 3. The minimum absolute atomic E-state index is 0.0129. The Kier molecular flexibility index (Phi) is 2.99. The summed E-state index contributed by atoms with van der Waals surface area (Å²) in [5, 5.41) is 10.8. The second-order valence-corrected chi connectivity index (χ2v) is 4.12. The van der Waals surface area contributed by atoms with Crippen LogP contribution in [-0.4, -0.2) is 10.7 Å². The van der Waals surface area contributed by atoms with Gasteiger partial charge in [0.25, 0.3) is 5.69 Å². The average Bonchev–Trinajstić information content (AvgIpc) is 2.81. The predicted octanol–water partition coefficient (Wildman–Crippen LogP) is 2.97. The van der Waals surface area contributed by atoms with E-state index in [1.54, 1.807) is 18.2 Å². The monoisotopic (exact) mass is 219 g/mol. The molecule has 0 saturated heterocycles. The van der Waals surface area contributed by atoms with Gasteiger partial charge in [0, 0.05) is 12.0 Å². The summed E-state index contributed by atoms with van der Waals surface area (Å²) in [7, 11) is 0. The third-order valence-corrected chi connectivity index (χ3v) is 3.09. The van der Waals surface area contributed by atoms with Gasteiger partial charge in [-0.15, -0.1) is 0 Å². The normalized spacial score (nSPS) is 16.2. The number of hydrogen-bond donors (Lipinski definition) is 0. The molecule has 2 rings (SSSR count). The van der Waals surface area contributed by atoms with Gasteiger partial charge in [-0.25, -0.2) is 0 Å². The summed E-state index contributed by atoms with van der Waals surface area (Å²) in [6, 6.07) is 6.21. The smallest absolute Gasteiger partial charge is 0.280 e. The molecule has 1 aliphatic carbocycles. The molecule has 0 atom stereocenters. The molecule has 1 aromatic carbocycles. The van der Waals surface area contributed by atoms with E-state index in [-0.39, 0.29) is 23.0 Å². The van der Waals surface area contributed by atoms with E-state index in [4.69, 9.17) is 0 Å². The molecule has 0 amide bonds. The van der Waals surface area contributed by atoms with Gasteiger partial charge >= 0.3 is 0 Å². The van der Waals surface area contributed by atoms with E-state index in [0.29, 0.717) is 0 Å². The summed E-state index contributed by atoms with van der Waals surface area (Å²) in [6.07, 6.45) is 3.84. The lowest BCUT2D eigenvalue weighted by Crippen LogP contribution is -2.12. The van der Waals surface area contributed by atoms with Crippen molar-refractivity contribution in [3.63, 3.8) is 0 Å². The van der Waals surface area contributed by atoms with Crippen molar-refractivity contribution in [1.29, 1.82) is 0 Å². The number of nitro groups is 1. The third kappa shape index (κ3) is 1.96. The van der Waals surface area contributed by atoms with Crippen molar-refractivity contribution in [3.05, 3.63) is 39.9 Å². The number of hydrogen-bond acceptors (Lipinski definition) is 3. The van der Waals surface area contributed by atoms with Crippen molar-refractivity contribution in [2.45, 2.75) is 25.7 Å². The lowest BCUT2D eigenvalue weighted by Gasteiger charge is -2.07. The van der Waals surface area contributed by atoms with Crippen molar-refractivity contribution in [2.24, 2.45) is 5.92 Å². The SMILES string of the molecule is O=C(c1ccccc1[N+](=O)[O-])C1CCCC1. The second-order valence-electron chi connectivity index (χ2n) is 4.12. The molecule has 0 spiro atoms. The van der Waals surface area contributed by atoms with E-state index in [2.05, 4.69) is 0 Å². The quantitative estimate of drug-likeness (QED) is 0.446. The summed E-state index contributed by atoms with van der Waals surface area (Å²) in [5.41, 5.74) is 0.193. The Morgan fingerprint density at radius 2 is 1.88 bits per heavy atom. The summed E-state index contributed by atoms with van der Waals surface area (Å²) in [5.74, 6) is -0.0779. The van der Waals surface area contributed by atoms with E-state index in [0.717, 1.165) is 25.7 Å². The van der Waals surface area contributed by atoms with Crippen LogP contribution in [0.4, 0.5) is 5.69 Å². The van der Waals surface area contributed by atoms with Crippen molar-refractivity contribution >= 4 is 11.5 Å². The molecule has 4 heteroatoms. The fourth-order valence-electron chi connectivity index (χ4n) is 2.25. The number of carbonyl (C=O) groups is 1. The number of para-hydroxylation sites is 1. The molecule has 0 bridgehead atoms. The maximum atomic E-state index is 12.1. The molecule has 0 N–H and O–H groups in total. The highest BCUT2D eigenvalue weighted by Crippen LogP contribution is 2.30. The first kappa shape index (κ1) is 10.8. The van der Waals surface area contributed by atoms with E-state index in [1.807, 2.05) is 0 Å². The molecule has 1 fully saturated rings. The van der Waals surface area contributed by atoms with E-state index in [9.17, 15) is 14.9 Å². The van der Waals surface area contributed by atoms with E-state index in [1.165, 1.54) is 6.07 Å². The molecule has 1 aromatic rings. The fourth-order valence-corrected chi connectivity index (χ4v) is 2.25. The van der Waals surface area contributed by atoms with Gasteiger partial charge in [-0.3, -0.25) is 14.9 Å². The Morgan fingerprint density at radius 3 is 2.50 bits per heavy atom. The van der Waals surface area contributed by atoms with Gasteiger partial charge in [-0.2, -0.15) is 0 Å². The number of nitro benzene ring substituents is 1. The summed E-state index contributed by atoms with van der Waals surface area (Å²) < 4.78 is 0. The number of carbonyl (C=O) groups excluding carboxylic acids is 1. The Hall–Kier alpha value is -1.71. The first-order valence-electron chi connectivity index (χ1n) is 5.48. The lowest BCUT2D eigenvalue weighted by atomic mass is 9.95. The molecule has 0 aromatic heterocycles. The predicted molar refractivity (Wildman–Crippen MR) is 59.4 cm³/mol. The van der Waals surface area contributed by atoms with Crippen LogP contribution in [0.2, 0.25) is 0 Å². The number of benzene rings is 1. The Balaban J connectivity index is 2.32. The van der Waals surface area contributed by atoms with Gasteiger partial charge in [-0.1, -0.05) is 25.0 Å². The highest BCUT2D eigenvalue weighted by atomic mass is 16.6. The van der Waals surface area contributed by atoms with Crippen LogP contribution in [0.15, 0.2) is 24.3 Å². The highest BCUT2D eigenvalue weighted by Gasteiger charge is 2.28. The van der Waals surface area contributed by atoms with Crippen molar-refractivity contribution in [3.8, 4) is 0 Å². The fraction of sp³-hybridized carbons (Fsp3) is 0.417. The van der Waals surface area contributed by atoms with Gasteiger partial charge in [0.15, 0.2) is 5.78 Å². The van der Waals surface area contributed by atoms with Crippen molar-refractivity contribution < 1.29 is 9.72 Å². The number of ketones is 1. The molecular weight excluding hydrogens is 206 g/mol. The van der Waals surface area contributed by atoms with Crippen LogP contribution in [0.3, 0.4) is 0 Å². The molecular formula is C12H13NO3. The largest absolute Gasteiger partial charge is 0.294 e. The Morgan fingerprint density at radius 1 is 1.25 bits per heavy atom. The summed E-state index contributed by atoms with van der Waals surface area (Å²) in [4.78, 5) is 22.4. The Bertz CT molecular complexity index is 422. The van der Waals surface area contributed by atoms with Crippen LogP contribution in [-0.2, 0) is 0 Å². The van der Waals surface area contributed by atoms with Crippen LogP contribution in [0, 0.1) is 16.0 Å². The minimum Gasteiger partial charge on any atom is -0.294 e. The van der Waals surface area contributed by atoms with Gasteiger partial charge in [0.05, 0.1) is 10.5 Å². The molecule has 0 unspecified atom stereocenters. The third-order valence-electron chi connectivity index (χ3n) is 3.09. The van der Waals surface area contributed by atoms with Gasteiger partial charge < -0.3 is 0 Å². The van der Waals surface area contributed by atoms with Gasteiger partial charge in [-0.05, 0) is 18.9 Å².